The smallest absolute Gasteiger partial charge is 0.472 e. The highest BCUT2D eigenvalue weighted by Crippen LogP contribution is 2.43. The number of carbonyl (C=O) groups excluding carboxylic acids is 2. The van der Waals surface area contributed by atoms with E-state index in [-0.39, 0.29) is 19.4 Å². The van der Waals surface area contributed by atoms with Gasteiger partial charge < -0.3 is 25.2 Å². The number of esters is 2. The molecule has 0 aliphatic carbocycles. The Morgan fingerprint density at radius 3 is 1.48 bits per heavy atom. The largest absolute Gasteiger partial charge is 0.480 e. The topological polar surface area (TPSA) is 172 Å². The number of nitrogens with two attached hydrogens (primary N) is 1. The molecule has 0 fully saturated rings. The molecular weight excluding hydrogens is 757 g/mol. The third-order valence-corrected chi connectivity index (χ3v) is 9.27. The first kappa shape index (κ1) is 54.4. The van der Waals surface area contributed by atoms with Crippen molar-refractivity contribution in [3.63, 3.8) is 0 Å². The van der Waals surface area contributed by atoms with E-state index in [1.807, 2.05) is 12.2 Å². The fourth-order valence-corrected chi connectivity index (χ4v) is 5.77. The summed E-state index contributed by atoms with van der Waals surface area (Å²) in [7, 11) is -4.74. The van der Waals surface area contributed by atoms with Crippen LogP contribution in [-0.2, 0) is 37.5 Å². The third-order valence-electron chi connectivity index (χ3n) is 8.32. The average molecular weight is 832 g/mol. The van der Waals surface area contributed by atoms with Gasteiger partial charge in [-0.3, -0.25) is 23.4 Å². The fraction of sp³-hybridized carbons (Fsp3) is 0.587. The summed E-state index contributed by atoms with van der Waals surface area (Å²) in [6.07, 6.45) is 50.5. The third kappa shape index (κ3) is 39.2. The molecule has 11 nitrogen and oxygen atoms in total. The van der Waals surface area contributed by atoms with Gasteiger partial charge in [-0.15, -0.1) is 0 Å². The number of phosphoric acid groups is 1. The van der Waals surface area contributed by atoms with Crippen LogP contribution in [0.15, 0.2) is 97.2 Å². The molecule has 0 saturated heterocycles. The van der Waals surface area contributed by atoms with Gasteiger partial charge in [0.15, 0.2) is 6.10 Å². The number of unbranched alkanes of at least 4 members (excludes halogenated alkanes) is 8. The summed E-state index contributed by atoms with van der Waals surface area (Å²) in [6.45, 7) is 2.55. The van der Waals surface area contributed by atoms with Gasteiger partial charge in [-0.2, -0.15) is 0 Å². The van der Waals surface area contributed by atoms with E-state index in [1.165, 1.54) is 19.3 Å². The summed E-state index contributed by atoms with van der Waals surface area (Å²) in [6, 6.07) is -1.54. The Kier molecular flexibility index (Phi) is 37.7. The quantitative estimate of drug-likeness (QED) is 0.0234. The number of hydrogen-bond donors (Lipinski definition) is 3. The van der Waals surface area contributed by atoms with E-state index in [2.05, 4.69) is 103 Å². The number of carbonyl (C=O) groups is 3. The number of carboxylic acids is 1. The molecule has 0 aliphatic rings. The molecular formula is C46H74NO10P. The number of aliphatic carboxylic acids is 1. The van der Waals surface area contributed by atoms with Crippen molar-refractivity contribution in [1.82, 2.24) is 0 Å². The Balaban J connectivity index is 4.54. The molecule has 0 aliphatic heterocycles. The van der Waals surface area contributed by atoms with Crippen LogP contribution in [0.1, 0.15) is 142 Å². The van der Waals surface area contributed by atoms with Crippen LogP contribution in [0.5, 0.6) is 0 Å². The Labute approximate surface area is 349 Å². The first-order chi connectivity index (χ1) is 28.1. The minimum absolute atomic E-state index is 0.0735. The average Bonchev–Trinajstić information content (AvgIpc) is 3.20. The number of rotatable bonds is 38. The first-order valence-corrected chi connectivity index (χ1v) is 22.8. The molecule has 58 heavy (non-hydrogen) atoms. The van der Waals surface area contributed by atoms with E-state index < -0.39 is 51.1 Å². The van der Waals surface area contributed by atoms with Gasteiger partial charge in [-0.1, -0.05) is 137 Å². The summed E-state index contributed by atoms with van der Waals surface area (Å²) in [5.41, 5.74) is 5.32. The molecule has 0 spiro atoms. The molecule has 0 aromatic heterocycles. The highest BCUT2D eigenvalue weighted by molar-refractivity contribution is 7.47. The molecule has 0 heterocycles. The fourth-order valence-electron chi connectivity index (χ4n) is 4.99. The maximum absolute atomic E-state index is 12.6. The zero-order valence-electron chi connectivity index (χ0n) is 35.3. The number of ether oxygens (including phenoxy) is 2. The second-order valence-electron chi connectivity index (χ2n) is 13.7. The van der Waals surface area contributed by atoms with E-state index in [1.54, 1.807) is 0 Å². The standard InChI is InChI=1S/C46H74NO10P/c1-3-5-7-9-11-13-15-17-19-21-23-25-27-29-31-33-35-37-44(48)54-39-42(40-55-58(52,53)56-41-43(47)46(50)51)57-45(49)38-36-34-32-30-28-26-24-22-20-18-16-14-12-10-8-6-4-2/h5,7,11-14,17-20,23-26,30,32,42-43H,3-4,6,8-10,15-16,21-22,27-29,31,33-41,47H2,1-2H3,(H,50,51)(H,52,53)/b7-5-,13-11-,14-12-,19-17-,20-18-,25-23-,26-24-,32-30-/t42-,43+/m1/s1. The van der Waals surface area contributed by atoms with Crippen LogP contribution in [0.2, 0.25) is 0 Å². The van der Waals surface area contributed by atoms with Gasteiger partial charge in [0, 0.05) is 12.8 Å². The Morgan fingerprint density at radius 1 is 0.552 bits per heavy atom. The van der Waals surface area contributed by atoms with Gasteiger partial charge in [0.2, 0.25) is 0 Å². The molecule has 0 rings (SSSR count). The van der Waals surface area contributed by atoms with Gasteiger partial charge in [-0.05, 0) is 89.9 Å². The number of carboxylic acid groups (broad SMARTS) is 1. The lowest BCUT2D eigenvalue weighted by molar-refractivity contribution is -0.161. The summed E-state index contributed by atoms with van der Waals surface area (Å²) < 4.78 is 32.6. The summed E-state index contributed by atoms with van der Waals surface area (Å²) in [5.74, 6) is -2.50. The highest BCUT2D eigenvalue weighted by atomic mass is 31.2. The zero-order chi connectivity index (χ0) is 42.8. The van der Waals surface area contributed by atoms with Crippen LogP contribution in [0.25, 0.3) is 0 Å². The Hall–Kier alpha value is -3.60. The predicted octanol–water partition coefficient (Wildman–Crippen LogP) is 11.3. The molecule has 328 valence electrons. The van der Waals surface area contributed by atoms with Crippen LogP contribution in [0.4, 0.5) is 0 Å². The van der Waals surface area contributed by atoms with E-state index in [0.717, 1.165) is 77.0 Å². The van der Waals surface area contributed by atoms with Crippen molar-refractivity contribution in [2.75, 3.05) is 19.8 Å². The van der Waals surface area contributed by atoms with Crippen molar-refractivity contribution < 1.29 is 47.5 Å². The van der Waals surface area contributed by atoms with E-state index in [4.69, 9.17) is 24.8 Å². The van der Waals surface area contributed by atoms with Crippen molar-refractivity contribution >= 4 is 25.7 Å². The Morgan fingerprint density at radius 2 is 0.983 bits per heavy atom. The normalized spacial score (nSPS) is 14.7. The molecule has 0 radical (unpaired) electrons. The van der Waals surface area contributed by atoms with Crippen molar-refractivity contribution in [3.05, 3.63) is 97.2 Å². The maximum atomic E-state index is 12.6. The van der Waals surface area contributed by atoms with E-state index in [9.17, 15) is 23.8 Å². The minimum Gasteiger partial charge on any atom is -0.480 e. The van der Waals surface area contributed by atoms with Crippen LogP contribution in [-0.4, -0.2) is 59.9 Å². The molecule has 12 heteroatoms. The van der Waals surface area contributed by atoms with Crippen LogP contribution in [0, 0.1) is 0 Å². The summed E-state index contributed by atoms with van der Waals surface area (Å²) in [5, 5.41) is 8.88. The predicted molar refractivity (Wildman–Crippen MR) is 235 cm³/mol. The van der Waals surface area contributed by atoms with Gasteiger partial charge in [-0.25, -0.2) is 4.57 Å². The first-order valence-electron chi connectivity index (χ1n) is 21.3. The molecule has 3 atom stereocenters. The van der Waals surface area contributed by atoms with E-state index in [0.29, 0.717) is 19.3 Å². The Bertz CT molecular complexity index is 1350. The maximum Gasteiger partial charge on any atom is 0.472 e. The van der Waals surface area contributed by atoms with Crippen molar-refractivity contribution in [2.45, 2.75) is 154 Å². The lowest BCUT2D eigenvalue weighted by Crippen LogP contribution is -2.34. The number of phosphoric ester groups is 1. The summed E-state index contributed by atoms with van der Waals surface area (Å²) in [4.78, 5) is 45.9. The lowest BCUT2D eigenvalue weighted by atomic mass is 10.1. The van der Waals surface area contributed by atoms with Gasteiger partial charge in [0.05, 0.1) is 13.2 Å². The molecule has 4 N–H and O–H groups in total. The molecule has 0 saturated carbocycles. The van der Waals surface area contributed by atoms with Crippen molar-refractivity contribution in [1.29, 1.82) is 0 Å². The van der Waals surface area contributed by atoms with Gasteiger partial charge in [0.1, 0.15) is 12.6 Å². The van der Waals surface area contributed by atoms with Gasteiger partial charge >= 0.3 is 25.7 Å². The van der Waals surface area contributed by atoms with Gasteiger partial charge in [0.25, 0.3) is 0 Å². The van der Waals surface area contributed by atoms with Crippen molar-refractivity contribution in [3.8, 4) is 0 Å². The highest BCUT2D eigenvalue weighted by Gasteiger charge is 2.28. The molecule has 0 amide bonds. The molecule has 0 aromatic rings. The zero-order valence-corrected chi connectivity index (χ0v) is 36.2. The second-order valence-corrected chi connectivity index (χ2v) is 15.2. The number of hydrogen-bond acceptors (Lipinski definition) is 9. The van der Waals surface area contributed by atoms with Crippen LogP contribution >= 0.6 is 7.82 Å². The lowest BCUT2D eigenvalue weighted by Gasteiger charge is -2.20. The number of allylic oxidation sites excluding steroid dienone is 16. The van der Waals surface area contributed by atoms with Crippen LogP contribution < -0.4 is 5.73 Å². The van der Waals surface area contributed by atoms with Crippen molar-refractivity contribution in [2.24, 2.45) is 5.73 Å². The monoisotopic (exact) mass is 832 g/mol. The molecule has 0 aromatic carbocycles. The van der Waals surface area contributed by atoms with E-state index >= 15 is 0 Å². The van der Waals surface area contributed by atoms with Crippen LogP contribution in [0.3, 0.4) is 0 Å². The minimum atomic E-state index is -4.74. The second kappa shape index (κ2) is 40.2. The molecule has 1 unspecified atom stereocenters. The summed E-state index contributed by atoms with van der Waals surface area (Å²) >= 11 is 0. The molecule has 0 bridgehead atoms. The SMILES string of the molecule is CC/C=C\C/C=C\C/C=C\C/C=C\CCCCCCC(=O)OC[C@H](COP(=O)(O)OC[C@H](N)C(=O)O)OC(=O)CCC/C=C\C/C=C\C/C=C\C/C=C\CCCCC.